The normalized spacial score (nSPS) is 14.6. The number of fused-ring (bicyclic) bond motifs is 1. The fraction of sp³-hybridized carbons (Fsp3) is 0.571. The van der Waals surface area contributed by atoms with Crippen LogP contribution in [0.3, 0.4) is 0 Å². The first kappa shape index (κ1) is 11.5. The number of methoxy groups -OCH3 is 1. The first-order chi connectivity index (χ1) is 7.85. The number of hydrogen-bond donors (Lipinski definition) is 1. The molecule has 1 N–H and O–H groups in total. The van der Waals surface area contributed by atoms with Gasteiger partial charge in [-0.2, -0.15) is 0 Å². The van der Waals surface area contributed by atoms with Gasteiger partial charge in [-0.25, -0.2) is 0 Å². The second-order valence-corrected chi connectivity index (χ2v) is 4.47. The number of benzene rings is 1. The predicted molar refractivity (Wildman–Crippen MR) is 65.0 cm³/mol. The second kappa shape index (κ2) is 5.35. The van der Waals surface area contributed by atoms with Crippen LogP contribution in [0.2, 0.25) is 0 Å². The van der Waals surface area contributed by atoms with Crippen LogP contribution in [-0.2, 0) is 19.3 Å². The largest absolute Gasteiger partial charge is 0.496 e. The molecule has 0 radical (unpaired) electrons. The van der Waals surface area contributed by atoms with E-state index in [9.17, 15) is 0 Å². The summed E-state index contributed by atoms with van der Waals surface area (Å²) in [6.07, 6.45) is 6.71. The van der Waals surface area contributed by atoms with E-state index in [2.05, 4.69) is 12.1 Å². The van der Waals surface area contributed by atoms with Crippen molar-refractivity contribution >= 4 is 0 Å². The van der Waals surface area contributed by atoms with Crippen molar-refractivity contribution < 1.29 is 9.84 Å². The van der Waals surface area contributed by atoms with Gasteiger partial charge in [0.25, 0.3) is 0 Å². The van der Waals surface area contributed by atoms with Crippen LogP contribution < -0.4 is 4.74 Å². The van der Waals surface area contributed by atoms with Crippen LogP contribution in [0.1, 0.15) is 36.0 Å². The van der Waals surface area contributed by atoms with Crippen molar-refractivity contribution in [3.8, 4) is 5.75 Å². The summed E-state index contributed by atoms with van der Waals surface area (Å²) in [7, 11) is 1.73. The van der Waals surface area contributed by atoms with Gasteiger partial charge >= 0.3 is 0 Å². The van der Waals surface area contributed by atoms with E-state index >= 15 is 0 Å². The molecular weight excluding hydrogens is 200 g/mol. The Kier molecular flexibility index (Phi) is 3.83. The van der Waals surface area contributed by atoms with Gasteiger partial charge in [-0.15, -0.1) is 0 Å². The summed E-state index contributed by atoms with van der Waals surface area (Å²) in [6.45, 7) is 0.250. The summed E-state index contributed by atoms with van der Waals surface area (Å²) in [5.74, 6) is 0.995. The minimum Gasteiger partial charge on any atom is -0.496 e. The average molecular weight is 220 g/mol. The van der Waals surface area contributed by atoms with Crippen molar-refractivity contribution in [3.05, 3.63) is 28.8 Å². The highest BCUT2D eigenvalue weighted by atomic mass is 16.5. The smallest absolute Gasteiger partial charge is 0.122 e. The Hall–Kier alpha value is -1.02. The minimum atomic E-state index is 0.250. The van der Waals surface area contributed by atoms with Crippen molar-refractivity contribution in [1.29, 1.82) is 0 Å². The number of rotatable bonds is 4. The molecule has 0 aromatic heterocycles. The quantitative estimate of drug-likeness (QED) is 0.844. The molecule has 2 rings (SSSR count). The van der Waals surface area contributed by atoms with Crippen LogP contribution in [0.5, 0.6) is 5.75 Å². The molecule has 1 aliphatic rings. The van der Waals surface area contributed by atoms with E-state index in [4.69, 9.17) is 9.84 Å². The van der Waals surface area contributed by atoms with Crippen molar-refractivity contribution in [2.24, 2.45) is 0 Å². The number of aliphatic hydroxyl groups excluding tert-OH is 1. The molecule has 1 aliphatic carbocycles. The fourth-order valence-electron chi connectivity index (χ4n) is 2.47. The third-order valence-corrected chi connectivity index (χ3v) is 3.35. The van der Waals surface area contributed by atoms with Gasteiger partial charge in [-0.1, -0.05) is 6.07 Å². The molecule has 0 fully saturated rings. The van der Waals surface area contributed by atoms with Gasteiger partial charge in [-0.05, 0) is 61.3 Å². The van der Waals surface area contributed by atoms with E-state index in [0.717, 1.165) is 18.6 Å². The summed E-state index contributed by atoms with van der Waals surface area (Å²) in [6, 6.07) is 4.48. The molecule has 2 heteroatoms. The number of aliphatic hydroxyl groups is 1. The van der Waals surface area contributed by atoms with Crippen LogP contribution in [0.4, 0.5) is 0 Å². The maximum atomic E-state index is 8.89. The average Bonchev–Trinajstić information content (AvgIpc) is 2.35. The van der Waals surface area contributed by atoms with Gasteiger partial charge in [-0.3, -0.25) is 0 Å². The Morgan fingerprint density at radius 2 is 1.88 bits per heavy atom. The maximum absolute atomic E-state index is 8.89. The van der Waals surface area contributed by atoms with Crippen LogP contribution in [0, 0.1) is 0 Å². The van der Waals surface area contributed by atoms with Crippen molar-refractivity contribution in [3.63, 3.8) is 0 Å². The Labute approximate surface area is 97.3 Å². The zero-order valence-corrected chi connectivity index (χ0v) is 9.96. The molecule has 0 amide bonds. The van der Waals surface area contributed by atoms with Gasteiger partial charge in [0, 0.05) is 6.61 Å². The van der Waals surface area contributed by atoms with Crippen molar-refractivity contribution in [2.75, 3.05) is 13.7 Å². The number of ether oxygens (including phenoxy) is 1. The van der Waals surface area contributed by atoms with E-state index in [1.165, 1.54) is 42.4 Å². The zero-order valence-electron chi connectivity index (χ0n) is 9.96. The van der Waals surface area contributed by atoms with E-state index in [0.29, 0.717) is 0 Å². The molecule has 1 aromatic rings. The first-order valence-electron chi connectivity index (χ1n) is 6.14. The first-order valence-corrected chi connectivity index (χ1v) is 6.14. The van der Waals surface area contributed by atoms with Crippen LogP contribution in [-0.4, -0.2) is 18.8 Å². The monoisotopic (exact) mass is 220 g/mol. The highest BCUT2D eigenvalue weighted by Gasteiger charge is 2.13. The second-order valence-electron chi connectivity index (χ2n) is 4.47. The van der Waals surface area contributed by atoms with Crippen molar-refractivity contribution in [1.82, 2.24) is 0 Å². The Morgan fingerprint density at radius 3 is 2.50 bits per heavy atom. The minimum absolute atomic E-state index is 0.250. The highest BCUT2D eigenvalue weighted by Crippen LogP contribution is 2.29. The molecule has 2 nitrogen and oxygen atoms in total. The molecular formula is C14H20O2. The van der Waals surface area contributed by atoms with Crippen LogP contribution in [0.15, 0.2) is 12.1 Å². The molecule has 0 aliphatic heterocycles. The lowest BCUT2D eigenvalue weighted by molar-refractivity contribution is 0.287. The SMILES string of the molecule is COc1cc2c(cc1CCCO)CCCC2. The van der Waals surface area contributed by atoms with Gasteiger partial charge in [0.1, 0.15) is 5.75 Å². The molecule has 0 bridgehead atoms. The number of aryl methyl sites for hydroxylation is 3. The molecule has 0 heterocycles. The summed E-state index contributed by atoms with van der Waals surface area (Å²) < 4.78 is 5.43. The lowest BCUT2D eigenvalue weighted by atomic mass is 9.89. The highest BCUT2D eigenvalue weighted by molar-refractivity contribution is 5.44. The van der Waals surface area contributed by atoms with Crippen LogP contribution in [0.25, 0.3) is 0 Å². The Morgan fingerprint density at radius 1 is 1.19 bits per heavy atom. The lowest BCUT2D eigenvalue weighted by Crippen LogP contribution is -2.05. The van der Waals surface area contributed by atoms with Crippen LogP contribution >= 0.6 is 0 Å². The molecule has 0 saturated heterocycles. The standard InChI is InChI=1S/C14H20O2/c1-16-14-10-12-6-3-2-5-11(12)9-13(14)7-4-8-15/h9-10,15H,2-8H2,1H3. The Balaban J connectivity index is 2.28. The molecule has 88 valence electrons. The molecule has 0 spiro atoms. The predicted octanol–water partition coefficient (Wildman–Crippen LogP) is 2.50. The van der Waals surface area contributed by atoms with Gasteiger partial charge in [0.2, 0.25) is 0 Å². The summed E-state index contributed by atoms with van der Waals surface area (Å²) in [5.41, 5.74) is 4.19. The van der Waals surface area contributed by atoms with Gasteiger partial charge in [0.15, 0.2) is 0 Å². The van der Waals surface area contributed by atoms with E-state index in [1.54, 1.807) is 7.11 Å². The van der Waals surface area contributed by atoms with E-state index in [-0.39, 0.29) is 6.61 Å². The van der Waals surface area contributed by atoms with Gasteiger partial charge in [0.05, 0.1) is 7.11 Å². The molecule has 16 heavy (non-hydrogen) atoms. The van der Waals surface area contributed by atoms with E-state index in [1.807, 2.05) is 0 Å². The zero-order chi connectivity index (χ0) is 11.4. The van der Waals surface area contributed by atoms with E-state index < -0.39 is 0 Å². The topological polar surface area (TPSA) is 29.5 Å². The maximum Gasteiger partial charge on any atom is 0.122 e. The molecule has 0 atom stereocenters. The summed E-state index contributed by atoms with van der Waals surface area (Å²) in [5, 5.41) is 8.89. The third-order valence-electron chi connectivity index (χ3n) is 3.35. The van der Waals surface area contributed by atoms with Gasteiger partial charge < -0.3 is 9.84 Å². The number of hydrogen-bond acceptors (Lipinski definition) is 2. The molecule has 1 aromatic carbocycles. The fourth-order valence-corrected chi connectivity index (χ4v) is 2.47. The third kappa shape index (κ3) is 2.38. The lowest BCUT2D eigenvalue weighted by Gasteiger charge is -2.19. The van der Waals surface area contributed by atoms with Crippen molar-refractivity contribution in [2.45, 2.75) is 38.5 Å². The summed E-state index contributed by atoms with van der Waals surface area (Å²) >= 11 is 0. The molecule has 0 unspecified atom stereocenters. The molecule has 0 saturated carbocycles. The summed E-state index contributed by atoms with van der Waals surface area (Å²) in [4.78, 5) is 0. The Bertz CT molecular complexity index is 358.